The summed E-state index contributed by atoms with van der Waals surface area (Å²) < 4.78 is 0. The molecule has 0 saturated heterocycles. The molecule has 0 aromatic heterocycles. The van der Waals surface area contributed by atoms with Crippen LogP contribution in [0.2, 0.25) is 0 Å². The van der Waals surface area contributed by atoms with Crippen LogP contribution in [0.25, 0.3) is 0 Å². The molecule has 12 heavy (non-hydrogen) atoms. The maximum atomic E-state index is 9.00. The third-order valence-corrected chi connectivity index (χ3v) is 0. The number of aliphatic carboxylic acids is 1. The minimum Gasteiger partial charge on any atom is -1.00 e. The molecule has 0 amide bonds. The zero-order chi connectivity index (χ0) is 7.15. The molecular formula is C3H10K3NaO5. The van der Waals surface area contributed by atoms with Crippen LogP contribution in [0.15, 0.2) is 0 Å². The van der Waals surface area contributed by atoms with Crippen LogP contribution in [-0.2, 0) is 4.79 Å². The van der Waals surface area contributed by atoms with Crippen molar-refractivity contribution < 1.29 is 214 Å². The third-order valence-electron chi connectivity index (χ3n) is 0. The number of hydrogen-bond acceptors (Lipinski definition) is 2. The van der Waals surface area contributed by atoms with E-state index in [1.165, 1.54) is 0 Å². The maximum Gasteiger partial charge on any atom is 1.00 e. The van der Waals surface area contributed by atoms with Crippen LogP contribution in [0.4, 0.5) is 4.79 Å². The second kappa shape index (κ2) is 29.6. The van der Waals surface area contributed by atoms with Gasteiger partial charge in [-0.2, -0.15) is 0 Å². The normalized spacial score (nSPS) is 4.08. The molecule has 0 aliphatic carbocycles. The first-order chi connectivity index (χ1) is 3.46. The second-order valence-electron chi connectivity index (χ2n) is 0.802. The van der Waals surface area contributed by atoms with Crippen molar-refractivity contribution in [2.45, 2.75) is 6.92 Å². The third kappa shape index (κ3) is 126. The molecule has 0 aromatic rings. The molecule has 9 heteroatoms. The molecular weight excluding hydrogens is 256 g/mol. The van der Waals surface area contributed by atoms with Crippen molar-refractivity contribution in [1.82, 2.24) is 0 Å². The van der Waals surface area contributed by atoms with Gasteiger partial charge in [0.2, 0.25) is 0 Å². The molecule has 0 heterocycles. The maximum absolute atomic E-state index is 9.00. The van der Waals surface area contributed by atoms with Gasteiger partial charge >= 0.3 is 190 Å². The Labute approximate surface area is 226 Å². The largest absolute Gasteiger partial charge is 1.00 e. The molecule has 56 valence electrons. The first kappa shape index (κ1) is 36.0. The van der Waals surface area contributed by atoms with E-state index in [4.69, 9.17) is 24.9 Å². The zero-order valence-corrected chi connectivity index (χ0v) is 19.5. The molecule has 0 aromatic carbocycles. The van der Waals surface area contributed by atoms with E-state index >= 15 is 0 Å². The van der Waals surface area contributed by atoms with Gasteiger partial charge in [0.25, 0.3) is 5.97 Å². The van der Waals surface area contributed by atoms with Crippen molar-refractivity contribution in [2.75, 3.05) is 0 Å². The van der Waals surface area contributed by atoms with Gasteiger partial charge in [-0.25, -0.2) is 4.79 Å². The van der Waals surface area contributed by atoms with Crippen LogP contribution in [0.5, 0.6) is 0 Å². The Morgan fingerprint density at radius 3 is 1.00 bits per heavy atom. The number of carbonyl (C=O) groups is 2. The Bertz CT molecular complexity index is 92.9. The van der Waals surface area contributed by atoms with E-state index < -0.39 is 12.1 Å². The van der Waals surface area contributed by atoms with Crippen molar-refractivity contribution in [3.05, 3.63) is 0 Å². The summed E-state index contributed by atoms with van der Waals surface area (Å²) in [6.07, 6.45) is -1.83. The predicted octanol–water partition coefficient (Wildman–Crippen LogP) is -11.2. The summed E-state index contributed by atoms with van der Waals surface area (Å²) in [6, 6.07) is 0. The minimum atomic E-state index is -1.83. The summed E-state index contributed by atoms with van der Waals surface area (Å²) in [5, 5.41) is 21.4. The van der Waals surface area contributed by atoms with Crippen molar-refractivity contribution in [3.63, 3.8) is 0 Å². The number of hydrogen-bond donors (Lipinski definition) is 3. The minimum absolute atomic E-state index is 0. The Hall–Kier alpha value is 4.65. The van der Waals surface area contributed by atoms with Crippen LogP contribution in [0, 0.1) is 0 Å². The van der Waals surface area contributed by atoms with Crippen LogP contribution in [0.3, 0.4) is 0 Å². The van der Waals surface area contributed by atoms with E-state index in [1.807, 2.05) is 0 Å². The Balaban J connectivity index is -0.00000000375. The summed E-state index contributed by atoms with van der Waals surface area (Å²) in [7, 11) is 0. The first-order valence-electron chi connectivity index (χ1n) is 1.58. The van der Waals surface area contributed by atoms with Crippen LogP contribution < -0.4 is 184 Å². The summed E-state index contributed by atoms with van der Waals surface area (Å²) >= 11 is 0. The molecule has 5 nitrogen and oxygen atoms in total. The standard InChI is InChI=1S/C2H4O2.CH2O3.3K.Na.4H/c1-2(3)4;2-1(3)4;;;;;;;;/h1H3,(H,3,4);(H2,2,3,4);;;;;;;;/q;;4*+1;4*-1. The quantitative estimate of drug-likeness (QED) is 0.379. The van der Waals surface area contributed by atoms with Crippen molar-refractivity contribution in [2.24, 2.45) is 0 Å². The average Bonchev–Trinajstić information content (AvgIpc) is 1.25. The van der Waals surface area contributed by atoms with E-state index in [1.54, 1.807) is 0 Å². The SMILES string of the molecule is CC(=O)O.O=C(O)O.[H-].[H-].[H-].[H-].[K+].[K+].[K+].[Na+]. The van der Waals surface area contributed by atoms with E-state index in [0.717, 1.165) is 6.92 Å². The van der Waals surface area contributed by atoms with Crippen LogP contribution >= 0.6 is 0 Å². The summed E-state index contributed by atoms with van der Waals surface area (Å²) in [6.45, 7) is 1.08. The molecule has 3 N–H and O–H groups in total. The van der Waals surface area contributed by atoms with Gasteiger partial charge in [-0.3, -0.25) is 4.79 Å². The monoisotopic (exact) mass is 266 g/mol. The number of carboxylic acid groups (broad SMARTS) is 3. The first-order valence-corrected chi connectivity index (χ1v) is 1.58. The molecule has 0 fully saturated rings. The van der Waals surface area contributed by atoms with Gasteiger partial charge in [-0.05, 0) is 0 Å². The van der Waals surface area contributed by atoms with Crippen molar-refractivity contribution in [1.29, 1.82) is 0 Å². The molecule has 0 spiro atoms. The van der Waals surface area contributed by atoms with Gasteiger partial charge in [0.15, 0.2) is 0 Å². The summed E-state index contributed by atoms with van der Waals surface area (Å²) in [5.74, 6) is -0.833. The van der Waals surface area contributed by atoms with Gasteiger partial charge < -0.3 is 21.0 Å². The van der Waals surface area contributed by atoms with Gasteiger partial charge in [0.1, 0.15) is 0 Å². The second-order valence-corrected chi connectivity index (χ2v) is 0.802. The van der Waals surface area contributed by atoms with Crippen molar-refractivity contribution in [3.8, 4) is 0 Å². The smallest absolute Gasteiger partial charge is 1.00 e. The number of carboxylic acids is 1. The van der Waals surface area contributed by atoms with Gasteiger partial charge in [-0.15, -0.1) is 0 Å². The molecule has 0 unspecified atom stereocenters. The molecule has 0 atom stereocenters. The van der Waals surface area contributed by atoms with Crippen LogP contribution in [0.1, 0.15) is 12.6 Å². The predicted molar refractivity (Wildman–Crippen MR) is 28.4 cm³/mol. The van der Waals surface area contributed by atoms with Gasteiger partial charge in [0, 0.05) is 6.92 Å². The molecule has 0 rings (SSSR count). The van der Waals surface area contributed by atoms with Gasteiger partial charge in [-0.1, -0.05) is 0 Å². The fourth-order valence-electron chi connectivity index (χ4n) is 0. The van der Waals surface area contributed by atoms with Crippen molar-refractivity contribution >= 4 is 12.1 Å². The molecule has 0 aliphatic rings. The fourth-order valence-corrected chi connectivity index (χ4v) is 0. The van der Waals surface area contributed by atoms with E-state index in [-0.39, 0.29) is 189 Å². The zero-order valence-electron chi connectivity index (χ0n) is 12.2. The summed E-state index contributed by atoms with van der Waals surface area (Å²) in [5.41, 5.74) is 0. The molecule has 0 aliphatic heterocycles. The molecule has 0 saturated carbocycles. The molecule has 0 radical (unpaired) electrons. The number of rotatable bonds is 0. The average molecular weight is 266 g/mol. The topological polar surface area (TPSA) is 94.8 Å². The Kier molecular flexibility index (Phi) is 88.7. The van der Waals surface area contributed by atoms with E-state index in [0.29, 0.717) is 0 Å². The van der Waals surface area contributed by atoms with Gasteiger partial charge in [0.05, 0.1) is 0 Å². The van der Waals surface area contributed by atoms with Crippen LogP contribution in [-0.4, -0.2) is 27.4 Å². The van der Waals surface area contributed by atoms with E-state index in [2.05, 4.69) is 0 Å². The molecule has 0 bridgehead atoms. The Morgan fingerprint density at radius 1 is 1.00 bits per heavy atom. The van der Waals surface area contributed by atoms with E-state index in [9.17, 15) is 0 Å². The summed E-state index contributed by atoms with van der Waals surface area (Å²) in [4.78, 5) is 17.6. The fraction of sp³-hybridized carbons (Fsp3) is 0.333. The Morgan fingerprint density at radius 2 is 1.00 bits per heavy atom.